The molecule has 13 heteroatoms. The van der Waals surface area contributed by atoms with E-state index in [1.807, 2.05) is 0 Å². The quantitative estimate of drug-likeness (QED) is 0.285. The highest BCUT2D eigenvalue weighted by atomic mass is 16.7. The first-order valence-corrected chi connectivity index (χ1v) is 12.7. The second-order valence-corrected chi connectivity index (χ2v) is 9.48. The molecule has 3 amide bonds. The number of amides is 3. The predicted molar refractivity (Wildman–Crippen MR) is 139 cm³/mol. The van der Waals surface area contributed by atoms with Gasteiger partial charge in [0, 0.05) is 6.54 Å². The van der Waals surface area contributed by atoms with Crippen molar-refractivity contribution in [2.24, 2.45) is 4.99 Å². The molecule has 0 spiro atoms. The number of phenols is 2. The number of carbonyl (C=O) groups excluding carboxylic acids is 3. The van der Waals surface area contributed by atoms with Gasteiger partial charge in [0.1, 0.15) is 35.8 Å². The maximum Gasteiger partial charge on any atom is 0.326 e. The van der Waals surface area contributed by atoms with Crippen molar-refractivity contribution in [1.29, 1.82) is 0 Å². The minimum absolute atomic E-state index is 0.0139. The number of aliphatic carboxylic acids is 1. The standard InChI is InChI=1S/C27H30N4O9/c1-14-21(30-25(39-14)17-9-4-6-12-20(17)33)24(35)28-18(27(37)38)10-7-13-31-26(36)22(15(2)40-31)29-23(34)16-8-3-5-11-19(16)32/h3-6,8-9,11-12,14-15,18,21-22,32-33H,7,10,13H2,1-2H3,(H,28,35)(H,29,34)(H,37,38). The Morgan fingerprint density at radius 3 is 2.38 bits per heavy atom. The Hall–Kier alpha value is -4.65. The first kappa shape index (κ1) is 28.4. The van der Waals surface area contributed by atoms with Crippen molar-refractivity contribution in [3.05, 3.63) is 59.7 Å². The van der Waals surface area contributed by atoms with E-state index < -0.39 is 54.0 Å². The third-order valence-corrected chi connectivity index (χ3v) is 6.58. The fourth-order valence-corrected chi connectivity index (χ4v) is 4.41. The van der Waals surface area contributed by atoms with Crippen molar-refractivity contribution in [2.75, 3.05) is 6.54 Å². The summed E-state index contributed by atoms with van der Waals surface area (Å²) in [5.41, 5.74) is 0.332. The van der Waals surface area contributed by atoms with Crippen LogP contribution in [0.25, 0.3) is 0 Å². The van der Waals surface area contributed by atoms with E-state index in [9.17, 15) is 34.5 Å². The lowest BCUT2D eigenvalue weighted by Crippen LogP contribution is -2.47. The van der Waals surface area contributed by atoms with Gasteiger partial charge in [0.05, 0.1) is 11.1 Å². The summed E-state index contributed by atoms with van der Waals surface area (Å²) in [6.45, 7) is 3.23. The van der Waals surface area contributed by atoms with E-state index >= 15 is 0 Å². The Balaban J connectivity index is 1.31. The van der Waals surface area contributed by atoms with E-state index in [2.05, 4.69) is 15.6 Å². The molecular weight excluding hydrogens is 524 g/mol. The number of carbonyl (C=O) groups is 4. The Kier molecular flexibility index (Phi) is 8.53. The molecule has 0 radical (unpaired) electrons. The zero-order chi connectivity index (χ0) is 29.0. The summed E-state index contributed by atoms with van der Waals surface area (Å²) in [7, 11) is 0. The molecule has 5 N–H and O–H groups in total. The number of rotatable bonds is 10. The topological polar surface area (TPSA) is 187 Å². The van der Waals surface area contributed by atoms with Gasteiger partial charge in [-0.25, -0.2) is 14.9 Å². The summed E-state index contributed by atoms with van der Waals surface area (Å²) in [6, 6.07) is 8.99. The molecule has 0 bridgehead atoms. The fraction of sp³-hybridized carbons (Fsp3) is 0.370. The molecule has 212 valence electrons. The first-order chi connectivity index (χ1) is 19.1. The lowest BCUT2D eigenvalue weighted by atomic mass is 10.1. The molecule has 0 saturated carbocycles. The number of carboxylic acid groups (broad SMARTS) is 1. The summed E-state index contributed by atoms with van der Waals surface area (Å²) >= 11 is 0. The second-order valence-electron chi connectivity index (χ2n) is 9.48. The normalized spacial score (nSPS) is 22.8. The molecule has 2 aliphatic rings. The Bertz CT molecular complexity index is 1330. The number of phenolic OH excluding ortho intramolecular Hbond substituents is 2. The van der Waals surface area contributed by atoms with Gasteiger partial charge in [-0.05, 0) is 51.0 Å². The van der Waals surface area contributed by atoms with Crippen molar-refractivity contribution in [3.63, 3.8) is 0 Å². The molecule has 2 aromatic rings. The Labute approximate surface area is 229 Å². The van der Waals surface area contributed by atoms with Gasteiger partial charge in [0.15, 0.2) is 6.04 Å². The lowest BCUT2D eigenvalue weighted by molar-refractivity contribution is -0.171. The minimum Gasteiger partial charge on any atom is -0.507 e. The van der Waals surface area contributed by atoms with E-state index in [0.717, 1.165) is 5.06 Å². The molecule has 0 aliphatic carbocycles. The van der Waals surface area contributed by atoms with Crippen LogP contribution in [0.3, 0.4) is 0 Å². The van der Waals surface area contributed by atoms with E-state index in [1.165, 1.54) is 18.2 Å². The van der Waals surface area contributed by atoms with E-state index in [-0.39, 0.29) is 42.3 Å². The predicted octanol–water partition coefficient (Wildman–Crippen LogP) is 0.942. The summed E-state index contributed by atoms with van der Waals surface area (Å²) < 4.78 is 5.62. The number of nitrogens with one attached hydrogen (secondary N) is 2. The number of hydroxylamine groups is 2. The molecule has 2 heterocycles. The fourth-order valence-electron chi connectivity index (χ4n) is 4.41. The van der Waals surface area contributed by atoms with E-state index in [1.54, 1.807) is 44.2 Å². The molecule has 5 unspecified atom stereocenters. The molecule has 40 heavy (non-hydrogen) atoms. The van der Waals surface area contributed by atoms with Crippen LogP contribution in [0.1, 0.15) is 42.6 Å². The summed E-state index contributed by atoms with van der Waals surface area (Å²) in [5.74, 6) is -3.28. The van der Waals surface area contributed by atoms with Crippen molar-refractivity contribution in [3.8, 4) is 11.5 Å². The number of nitrogens with zero attached hydrogens (tertiary/aromatic N) is 2. The van der Waals surface area contributed by atoms with Crippen LogP contribution >= 0.6 is 0 Å². The van der Waals surface area contributed by atoms with Gasteiger partial charge in [-0.2, -0.15) is 0 Å². The average Bonchev–Trinajstić information content (AvgIpc) is 3.43. The average molecular weight is 555 g/mol. The number of ether oxygens (including phenoxy) is 1. The lowest BCUT2D eigenvalue weighted by Gasteiger charge is -2.19. The Morgan fingerprint density at radius 1 is 1.02 bits per heavy atom. The third-order valence-electron chi connectivity index (χ3n) is 6.58. The van der Waals surface area contributed by atoms with Crippen LogP contribution in [0.5, 0.6) is 11.5 Å². The molecule has 0 aromatic heterocycles. The van der Waals surface area contributed by atoms with E-state index in [4.69, 9.17) is 9.57 Å². The molecular formula is C27H30N4O9. The number of benzene rings is 2. The van der Waals surface area contributed by atoms with Crippen LogP contribution < -0.4 is 10.6 Å². The smallest absolute Gasteiger partial charge is 0.326 e. The van der Waals surface area contributed by atoms with Crippen LogP contribution in [0.4, 0.5) is 0 Å². The highest BCUT2D eigenvalue weighted by Crippen LogP contribution is 2.24. The third kappa shape index (κ3) is 6.15. The molecule has 5 atom stereocenters. The number of aliphatic imine (C=N–C) groups is 1. The summed E-state index contributed by atoms with van der Waals surface area (Å²) in [5, 5.41) is 35.7. The van der Waals surface area contributed by atoms with Crippen molar-refractivity contribution in [2.45, 2.75) is 57.0 Å². The number of carboxylic acids is 1. The van der Waals surface area contributed by atoms with Crippen LogP contribution in [0.2, 0.25) is 0 Å². The van der Waals surface area contributed by atoms with Crippen LogP contribution in [-0.2, 0) is 24.0 Å². The van der Waals surface area contributed by atoms with Crippen molar-refractivity contribution in [1.82, 2.24) is 15.7 Å². The molecule has 13 nitrogen and oxygen atoms in total. The Morgan fingerprint density at radius 2 is 1.70 bits per heavy atom. The monoisotopic (exact) mass is 554 g/mol. The number of hydrogen-bond donors (Lipinski definition) is 5. The maximum absolute atomic E-state index is 12.9. The first-order valence-electron chi connectivity index (χ1n) is 12.7. The van der Waals surface area contributed by atoms with Crippen LogP contribution in [-0.4, -0.2) is 86.8 Å². The van der Waals surface area contributed by atoms with E-state index in [0.29, 0.717) is 5.56 Å². The van der Waals surface area contributed by atoms with Gasteiger partial charge in [-0.15, -0.1) is 0 Å². The van der Waals surface area contributed by atoms with Crippen molar-refractivity contribution < 1.29 is 44.1 Å². The molecule has 2 aliphatic heterocycles. The SMILES string of the molecule is CC1OC(c2ccccc2O)=NC1C(=O)NC(CCCN1OC(C)C(NC(=O)c2ccccc2O)C1=O)C(=O)O. The largest absolute Gasteiger partial charge is 0.507 e. The minimum atomic E-state index is -1.27. The zero-order valence-electron chi connectivity index (χ0n) is 21.8. The highest BCUT2D eigenvalue weighted by Gasteiger charge is 2.41. The van der Waals surface area contributed by atoms with Gasteiger partial charge in [-0.1, -0.05) is 24.3 Å². The summed E-state index contributed by atoms with van der Waals surface area (Å²) in [6.07, 6.45) is -1.24. The van der Waals surface area contributed by atoms with Crippen molar-refractivity contribution >= 4 is 29.6 Å². The van der Waals surface area contributed by atoms with Gasteiger partial charge < -0.3 is 30.7 Å². The zero-order valence-corrected chi connectivity index (χ0v) is 21.8. The van der Waals surface area contributed by atoms with Gasteiger partial charge in [-0.3, -0.25) is 19.2 Å². The summed E-state index contributed by atoms with van der Waals surface area (Å²) in [4.78, 5) is 59.8. The van der Waals surface area contributed by atoms with Crippen LogP contribution in [0, 0.1) is 0 Å². The molecule has 1 saturated heterocycles. The van der Waals surface area contributed by atoms with Crippen LogP contribution in [0.15, 0.2) is 53.5 Å². The molecule has 2 aromatic carbocycles. The number of hydrogen-bond acceptors (Lipinski definition) is 9. The van der Waals surface area contributed by atoms with Gasteiger partial charge in [0.25, 0.3) is 11.8 Å². The molecule has 4 rings (SSSR count). The number of para-hydroxylation sites is 2. The van der Waals surface area contributed by atoms with Gasteiger partial charge in [0.2, 0.25) is 11.8 Å². The number of aromatic hydroxyl groups is 2. The van der Waals surface area contributed by atoms with Gasteiger partial charge >= 0.3 is 5.97 Å². The second kappa shape index (κ2) is 12.0. The maximum atomic E-state index is 12.9. The molecule has 1 fully saturated rings. The highest BCUT2D eigenvalue weighted by molar-refractivity contribution is 6.01.